The quantitative estimate of drug-likeness (QED) is 0.247. The average molecular weight is 500 g/mol. The lowest BCUT2D eigenvalue weighted by molar-refractivity contribution is 0.0907. The normalized spacial score (nSPS) is 16.1. The van der Waals surface area contributed by atoms with Crippen LogP contribution in [-0.4, -0.2) is 57.0 Å². The molecule has 7 heteroatoms. The van der Waals surface area contributed by atoms with Gasteiger partial charge in [0.2, 0.25) is 0 Å². The van der Waals surface area contributed by atoms with Crippen LogP contribution in [0.2, 0.25) is 0 Å². The number of rotatable bonds is 8. The summed E-state index contributed by atoms with van der Waals surface area (Å²) in [6, 6.07) is 24.4. The molecule has 0 aliphatic carbocycles. The van der Waals surface area contributed by atoms with Crippen LogP contribution in [0, 0.1) is 0 Å². The van der Waals surface area contributed by atoms with Gasteiger partial charge in [0.25, 0.3) is 0 Å². The molecule has 1 aliphatic heterocycles. The zero-order valence-corrected chi connectivity index (χ0v) is 21.7. The summed E-state index contributed by atoms with van der Waals surface area (Å²) in [7, 11) is 0. The molecule has 6 nitrogen and oxygen atoms in total. The van der Waals surface area contributed by atoms with E-state index in [0.29, 0.717) is 6.42 Å². The summed E-state index contributed by atoms with van der Waals surface area (Å²) in [5.74, 6) is 2.06. The van der Waals surface area contributed by atoms with Gasteiger partial charge in [0.05, 0.1) is 17.2 Å². The number of fused-ring (bicyclic) bond motifs is 1. The number of aromatic nitrogens is 2. The minimum Gasteiger partial charge on any atom is -0.371 e. The molecule has 0 saturated carbocycles. The van der Waals surface area contributed by atoms with Crippen LogP contribution in [0.4, 0.5) is 11.5 Å². The molecule has 0 amide bonds. The summed E-state index contributed by atoms with van der Waals surface area (Å²) in [5, 5.41) is 14.1. The molecular weight excluding hydrogens is 466 g/mol. The van der Waals surface area contributed by atoms with Gasteiger partial charge >= 0.3 is 0 Å². The van der Waals surface area contributed by atoms with Crippen molar-refractivity contribution in [3.63, 3.8) is 0 Å². The number of aliphatic hydroxyl groups is 1. The lowest BCUT2D eigenvalue weighted by Crippen LogP contribution is -2.43. The number of anilines is 2. The van der Waals surface area contributed by atoms with Gasteiger partial charge in [-0.1, -0.05) is 67.4 Å². The molecule has 1 atom stereocenters. The highest BCUT2D eigenvalue weighted by Gasteiger charge is 2.21. The Morgan fingerprint density at radius 1 is 0.917 bits per heavy atom. The number of benzene rings is 3. The minimum absolute atomic E-state index is 0.522. The third kappa shape index (κ3) is 5.98. The van der Waals surface area contributed by atoms with Gasteiger partial charge in [-0.15, -0.1) is 0 Å². The second kappa shape index (κ2) is 10.9. The summed E-state index contributed by atoms with van der Waals surface area (Å²) >= 11 is 1.91. The molecule has 1 aromatic heterocycles. The first-order valence-corrected chi connectivity index (χ1v) is 13.5. The summed E-state index contributed by atoms with van der Waals surface area (Å²) in [6.45, 7) is 8.01. The van der Waals surface area contributed by atoms with Crippen molar-refractivity contribution >= 4 is 34.5 Å². The van der Waals surface area contributed by atoms with Gasteiger partial charge in [-0.25, -0.2) is 9.29 Å². The van der Waals surface area contributed by atoms with Crippen LogP contribution in [-0.2, 0) is 6.42 Å². The van der Waals surface area contributed by atoms with E-state index in [-0.39, 0.29) is 0 Å². The van der Waals surface area contributed by atoms with E-state index in [2.05, 4.69) is 50.7 Å². The van der Waals surface area contributed by atoms with Crippen molar-refractivity contribution in [2.24, 2.45) is 0 Å². The van der Waals surface area contributed by atoms with Gasteiger partial charge in [0.1, 0.15) is 11.5 Å². The number of hydrogen-bond donors (Lipinski definition) is 2. The van der Waals surface area contributed by atoms with E-state index >= 15 is 0 Å². The standard InChI is InChI=1S/C29H33N5OS/c1-3-36-34-17-15-33(16-18-34)28-21-30-26-14-11-24(19-27(26)31-28)23-9-12-25(13-10-23)32-29(2,35)20-22-7-5-4-6-8-22/h4-14,19,21,32,35H,3,15-18,20H2,1-2H3. The van der Waals surface area contributed by atoms with Crippen molar-refractivity contribution in [2.45, 2.75) is 26.0 Å². The van der Waals surface area contributed by atoms with E-state index in [9.17, 15) is 5.11 Å². The number of hydrogen-bond acceptors (Lipinski definition) is 7. The van der Waals surface area contributed by atoms with Crippen molar-refractivity contribution in [1.29, 1.82) is 0 Å². The van der Waals surface area contributed by atoms with E-state index in [1.54, 1.807) is 6.92 Å². The highest BCUT2D eigenvalue weighted by molar-refractivity contribution is 7.96. The van der Waals surface area contributed by atoms with Crippen LogP contribution in [0.15, 0.2) is 79.0 Å². The zero-order chi connectivity index (χ0) is 25.0. The molecule has 4 aromatic rings. The molecule has 1 aliphatic rings. The van der Waals surface area contributed by atoms with Crippen LogP contribution >= 0.6 is 11.9 Å². The molecule has 0 spiro atoms. The average Bonchev–Trinajstić information content (AvgIpc) is 2.89. The Labute approximate surface area is 217 Å². The maximum atomic E-state index is 10.9. The smallest absolute Gasteiger partial charge is 0.147 e. The van der Waals surface area contributed by atoms with Gasteiger partial charge < -0.3 is 15.3 Å². The van der Waals surface area contributed by atoms with Crippen molar-refractivity contribution in [1.82, 2.24) is 14.3 Å². The molecule has 1 unspecified atom stereocenters. The Balaban J connectivity index is 1.29. The fourth-order valence-corrected chi connectivity index (χ4v) is 5.44. The van der Waals surface area contributed by atoms with Crippen LogP contribution in [0.5, 0.6) is 0 Å². The van der Waals surface area contributed by atoms with Gasteiger partial charge in [0, 0.05) is 44.0 Å². The van der Waals surface area contributed by atoms with Crippen LogP contribution in [0.1, 0.15) is 19.4 Å². The van der Waals surface area contributed by atoms with Gasteiger partial charge in [-0.05, 0) is 47.9 Å². The molecule has 36 heavy (non-hydrogen) atoms. The van der Waals surface area contributed by atoms with E-state index in [4.69, 9.17) is 4.98 Å². The maximum absolute atomic E-state index is 10.9. The zero-order valence-electron chi connectivity index (χ0n) is 20.9. The number of piperazine rings is 1. The first-order chi connectivity index (χ1) is 17.5. The van der Waals surface area contributed by atoms with E-state index in [1.807, 2.05) is 66.7 Å². The second-order valence-electron chi connectivity index (χ2n) is 9.40. The van der Waals surface area contributed by atoms with Crippen molar-refractivity contribution in [2.75, 3.05) is 42.1 Å². The highest BCUT2D eigenvalue weighted by atomic mass is 32.2. The van der Waals surface area contributed by atoms with Crippen LogP contribution in [0.25, 0.3) is 22.2 Å². The van der Waals surface area contributed by atoms with Gasteiger partial charge in [0.15, 0.2) is 0 Å². The predicted octanol–water partition coefficient (Wildman–Crippen LogP) is 5.45. The summed E-state index contributed by atoms with van der Waals surface area (Å²) in [4.78, 5) is 12.0. The van der Waals surface area contributed by atoms with Crippen LogP contribution in [0.3, 0.4) is 0 Å². The SMILES string of the molecule is CCSN1CCN(c2cnc3ccc(-c4ccc(NC(C)(O)Cc5ccccc5)cc4)cc3n2)CC1. The first kappa shape index (κ1) is 24.6. The molecule has 1 fully saturated rings. The fraction of sp³-hybridized carbons (Fsp3) is 0.310. The molecular formula is C29H33N5OS. The molecule has 5 rings (SSSR count). The first-order valence-electron chi connectivity index (χ1n) is 12.5. The molecule has 1 saturated heterocycles. The molecule has 0 bridgehead atoms. The fourth-order valence-electron chi connectivity index (χ4n) is 4.66. The lowest BCUT2D eigenvalue weighted by atomic mass is 10.0. The van der Waals surface area contributed by atoms with Crippen molar-refractivity contribution in [3.8, 4) is 11.1 Å². The van der Waals surface area contributed by atoms with E-state index < -0.39 is 5.72 Å². The van der Waals surface area contributed by atoms with Gasteiger partial charge in [-0.3, -0.25) is 4.98 Å². The molecule has 2 N–H and O–H groups in total. The highest BCUT2D eigenvalue weighted by Crippen LogP contribution is 2.27. The summed E-state index contributed by atoms with van der Waals surface area (Å²) in [6.07, 6.45) is 2.42. The Kier molecular flexibility index (Phi) is 7.41. The molecule has 3 aromatic carbocycles. The molecule has 0 radical (unpaired) electrons. The van der Waals surface area contributed by atoms with Gasteiger partial charge in [-0.2, -0.15) is 0 Å². The van der Waals surface area contributed by atoms with Crippen molar-refractivity contribution in [3.05, 3.63) is 84.6 Å². The molecule has 2 heterocycles. The largest absolute Gasteiger partial charge is 0.371 e. The second-order valence-corrected chi connectivity index (χ2v) is 10.8. The Hall–Kier alpha value is -3.13. The van der Waals surface area contributed by atoms with Crippen molar-refractivity contribution < 1.29 is 5.11 Å². The lowest BCUT2D eigenvalue weighted by Gasteiger charge is -2.34. The summed E-state index contributed by atoms with van der Waals surface area (Å²) < 4.78 is 2.43. The summed E-state index contributed by atoms with van der Waals surface area (Å²) in [5.41, 5.74) is 4.93. The van der Waals surface area contributed by atoms with Crippen LogP contribution < -0.4 is 10.2 Å². The Bertz CT molecular complexity index is 1290. The third-order valence-corrected chi connectivity index (χ3v) is 7.42. The Morgan fingerprint density at radius 2 is 1.64 bits per heavy atom. The number of nitrogens with zero attached hydrogens (tertiary/aromatic N) is 4. The minimum atomic E-state index is -1.04. The molecule has 186 valence electrons. The van der Waals surface area contributed by atoms with E-state index in [0.717, 1.165) is 71.2 Å². The topological polar surface area (TPSA) is 64.5 Å². The predicted molar refractivity (Wildman–Crippen MR) is 151 cm³/mol. The number of nitrogens with one attached hydrogen (secondary N) is 1. The van der Waals surface area contributed by atoms with E-state index in [1.165, 1.54) is 0 Å². The Morgan fingerprint density at radius 3 is 2.36 bits per heavy atom. The maximum Gasteiger partial charge on any atom is 0.147 e. The monoisotopic (exact) mass is 499 g/mol. The third-order valence-electron chi connectivity index (χ3n) is 6.43.